The normalized spacial score (nSPS) is 23.0. The fraction of sp³-hybridized carbons (Fsp3) is 0.500. The van der Waals surface area contributed by atoms with Crippen molar-refractivity contribution in [2.75, 3.05) is 0 Å². The van der Waals surface area contributed by atoms with E-state index in [2.05, 4.69) is 0 Å². The molecule has 1 aliphatic rings. The van der Waals surface area contributed by atoms with Crippen molar-refractivity contribution in [2.24, 2.45) is 5.73 Å². The standard InChI is InChI=1S/C12H16N2O4/c13-7-8-6-9(14(16)17)4-5-11(8)18-12-3-1-2-10(12)15/h4-6,10,12,15H,1-3,7,13H2. The molecule has 98 valence electrons. The molecule has 0 aliphatic heterocycles. The maximum Gasteiger partial charge on any atom is 0.270 e. The van der Waals surface area contributed by atoms with Gasteiger partial charge >= 0.3 is 0 Å². The summed E-state index contributed by atoms with van der Waals surface area (Å²) >= 11 is 0. The summed E-state index contributed by atoms with van der Waals surface area (Å²) in [6.07, 6.45) is 1.75. The van der Waals surface area contributed by atoms with Crippen molar-refractivity contribution in [2.45, 2.75) is 38.0 Å². The molecule has 2 atom stereocenters. The monoisotopic (exact) mass is 252 g/mol. The first-order valence-corrected chi connectivity index (χ1v) is 5.94. The van der Waals surface area contributed by atoms with E-state index in [0.29, 0.717) is 11.3 Å². The quantitative estimate of drug-likeness (QED) is 0.622. The van der Waals surface area contributed by atoms with Gasteiger partial charge in [-0.1, -0.05) is 0 Å². The number of aliphatic hydroxyl groups is 1. The first-order valence-electron chi connectivity index (χ1n) is 5.94. The zero-order chi connectivity index (χ0) is 13.1. The van der Waals surface area contributed by atoms with Crippen LogP contribution in [0.25, 0.3) is 0 Å². The predicted molar refractivity (Wildman–Crippen MR) is 65.3 cm³/mol. The van der Waals surface area contributed by atoms with Gasteiger partial charge in [-0.25, -0.2) is 0 Å². The first-order chi connectivity index (χ1) is 8.61. The molecule has 0 radical (unpaired) electrons. The molecule has 6 nitrogen and oxygen atoms in total. The minimum Gasteiger partial charge on any atom is -0.487 e. The maximum atomic E-state index is 10.7. The third-order valence-corrected chi connectivity index (χ3v) is 3.17. The number of hydrogen-bond acceptors (Lipinski definition) is 5. The molecule has 0 spiro atoms. The highest BCUT2D eigenvalue weighted by Gasteiger charge is 2.27. The Morgan fingerprint density at radius 1 is 1.50 bits per heavy atom. The van der Waals surface area contributed by atoms with E-state index in [4.69, 9.17) is 10.5 Å². The lowest BCUT2D eigenvalue weighted by molar-refractivity contribution is -0.384. The summed E-state index contributed by atoms with van der Waals surface area (Å²) < 4.78 is 5.69. The third kappa shape index (κ3) is 2.60. The largest absolute Gasteiger partial charge is 0.487 e. The van der Waals surface area contributed by atoms with Crippen LogP contribution >= 0.6 is 0 Å². The van der Waals surface area contributed by atoms with Crippen molar-refractivity contribution in [1.82, 2.24) is 0 Å². The number of rotatable bonds is 4. The van der Waals surface area contributed by atoms with Crippen LogP contribution in [0.5, 0.6) is 5.75 Å². The van der Waals surface area contributed by atoms with Gasteiger partial charge in [0.05, 0.1) is 11.0 Å². The number of aliphatic hydroxyl groups excluding tert-OH is 1. The molecule has 0 saturated heterocycles. The second-order valence-electron chi connectivity index (χ2n) is 4.41. The molecule has 2 rings (SSSR count). The van der Waals surface area contributed by atoms with Crippen LogP contribution in [0.2, 0.25) is 0 Å². The second-order valence-corrected chi connectivity index (χ2v) is 4.41. The maximum absolute atomic E-state index is 10.7. The molecule has 6 heteroatoms. The van der Waals surface area contributed by atoms with Gasteiger partial charge in [0, 0.05) is 24.2 Å². The van der Waals surface area contributed by atoms with Crippen LogP contribution in [0.1, 0.15) is 24.8 Å². The lowest BCUT2D eigenvalue weighted by Gasteiger charge is -2.19. The SMILES string of the molecule is NCc1cc([N+](=O)[O-])ccc1OC1CCCC1O. The summed E-state index contributed by atoms with van der Waals surface area (Å²) in [7, 11) is 0. The number of nitrogens with zero attached hydrogens (tertiary/aromatic N) is 1. The summed E-state index contributed by atoms with van der Waals surface area (Å²) in [6.45, 7) is 0.166. The van der Waals surface area contributed by atoms with Gasteiger partial charge in [-0.2, -0.15) is 0 Å². The smallest absolute Gasteiger partial charge is 0.270 e. The van der Waals surface area contributed by atoms with Gasteiger partial charge in [0.25, 0.3) is 5.69 Å². The number of nitro groups is 1. The highest BCUT2D eigenvalue weighted by molar-refractivity contribution is 5.43. The van der Waals surface area contributed by atoms with Crippen molar-refractivity contribution in [3.05, 3.63) is 33.9 Å². The lowest BCUT2D eigenvalue weighted by atomic mass is 10.1. The van der Waals surface area contributed by atoms with Crippen LogP contribution < -0.4 is 10.5 Å². The van der Waals surface area contributed by atoms with Crippen molar-refractivity contribution < 1.29 is 14.8 Å². The molecule has 0 heterocycles. The molecule has 1 saturated carbocycles. The van der Waals surface area contributed by atoms with Crippen molar-refractivity contribution in [3.8, 4) is 5.75 Å². The molecule has 3 N–H and O–H groups in total. The van der Waals surface area contributed by atoms with Crippen molar-refractivity contribution in [1.29, 1.82) is 0 Å². The molecular formula is C12H16N2O4. The second kappa shape index (κ2) is 5.32. The van der Waals surface area contributed by atoms with E-state index in [0.717, 1.165) is 19.3 Å². The fourth-order valence-electron chi connectivity index (χ4n) is 2.16. The summed E-state index contributed by atoms with van der Waals surface area (Å²) in [4.78, 5) is 10.2. The van der Waals surface area contributed by atoms with Crippen molar-refractivity contribution >= 4 is 5.69 Å². The van der Waals surface area contributed by atoms with E-state index in [1.807, 2.05) is 0 Å². The minimum absolute atomic E-state index is 0.00484. The Kier molecular flexibility index (Phi) is 3.78. The Morgan fingerprint density at radius 2 is 2.28 bits per heavy atom. The van der Waals surface area contributed by atoms with Gasteiger partial charge < -0.3 is 15.6 Å². The van der Waals surface area contributed by atoms with E-state index in [9.17, 15) is 15.2 Å². The van der Waals surface area contributed by atoms with Gasteiger partial charge in [0.15, 0.2) is 0 Å². The molecule has 18 heavy (non-hydrogen) atoms. The summed E-state index contributed by atoms with van der Waals surface area (Å²) in [5.41, 5.74) is 6.15. The number of ether oxygens (including phenoxy) is 1. The number of benzene rings is 1. The molecule has 1 aliphatic carbocycles. The van der Waals surface area contributed by atoms with Crippen LogP contribution in [-0.4, -0.2) is 22.2 Å². The molecule has 1 aromatic rings. The molecule has 0 amide bonds. The van der Waals surface area contributed by atoms with Crippen LogP contribution in [-0.2, 0) is 6.54 Å². The van der Waals surface area contributed by atoms with E-state index in [1.54, 1.807) is 6.07 Å². The zero-order valence-corrected chi connectivity index (χ0v) is 9.91. The molecule has 0 bridgehead atoms. The molecule has 2 unspecified atom stereocenters. The van der Waals surface area contributed by atoms with E-state index < -0.39 is 11.0 Å². The third-order valence-electron chi connectivity index (χ3n) is 3.17. The van der Waals surface area contributed by atoms with Crippen LogP contribution in [0.15, 0.2) is 18.2 Å². The number of nitro benzene ring substituents is 1. The summed E-state index contributed by atoms with van der Waals surface area (Å²) in [6, 6.07) is 4.35. The van der Waals surface area contributed by atoms with Crippen molar-refractivity contribution in [3.63, 3.8) is 0 Å². The van der Waals surface area contributed by atoms with Gasteiger partial charge in [-0.05, 0) is 25.3 Å². The molecular weight excluding hydrogens is 236 g/mol. The van der Waals surface area contributed by atoms with Gasteiger partial charge in [-0.15, -0.1) is 0 Å². The lowest BCUT2D eigenvalue weighted by Crippen LogP contribution is -2.26. The van der Waals surface area contributed by atoms with E-state index in [-0.39, 0.29) is 18.3 Å². The summed E-state index contributed by atoms with van der Waals surface area (Å²) in [5.74, 6) is 0.522. The van der Waals surface area contributed by atoms with Gasteiger partial charge in [0.1, 0.15) is 11.9 Å². The highest BCUT2D eigenvalue weighted by Crippen LogP contribution is 2.29. The Balaban J connectivity index is 2.19. The van der Waals surface area contributed by atoms with Crippen LogP contribution in [0.4, 0.5) is 5.69 Å². The van der Waals surface area contributed by atoms with E-state index >= 15 is 0 Å². The number of hydrogen-bond donors (Lipinski definition) is 2. The number of non-ortho nitro benzene ring substituents is 1. The average Bonchev–Trinajstić information content (AvgIpc) is 2.75. The summed E-state index contributed by atoms with van der Waals surface area (Å²) in [5, 5.41) is 20.4. The Labute approximate surface area is 105 Å². The molecule has 1 aromatic carbocycles. The topological polar surface area (TPSA) is 98.6 Å². The Bertz CT molecular complexity index is 450. The Hall–Kier alpha value is -1.66. The number of nitrogens with two attached hydrogens (primary N) is 1. The molecule has 0 aromatic heterocycles. The fourth-order valence-corrected chi connectivity index (χ4v) is 2.16. The van der Waals surface area contributed by atoms with Crippen LogP contribution in [0, 0.1) is 10.1 Å². The van der Waals surface area contributed by atoms with Gasteiger partial charge in [-0.3, -0.25) is 10.1 Å². The van der Waals surface area contributed by atoms with E-state index in [1.165, 1.54) is 12.1 Å². The molecule has 1 fully saturated rings. The Morgan fingerprint density at radius 3 is 2.83 bits per heavy atom. The average molecular weight is 252 g/mol. The zero-order valence-electron chi connectivity index (χ0n) is 9.91. The predicted octanol–water partition coefficient (Wildman–Crippen LogP) is 1.35. The highest BCUT2D eigenvalue weighted by atomic mass is 16.6. The minimum atomic E-state index is -0.467. The first kappa shape index (κ1) is 12.8. The van der Waals surface area contributed by atoms with Gasteiger partial charge in [0.2, 0.25) is 0 Å². The van der Waals surface area contributed by atoms with Crippen LogP contribution in [0.3, 0.4) is 0 Å².